The van der Waals surface area contributed by atoms with E-state index in [1.165, 1.54) is 0 Å². The molecule has 82 valence electrons. The van der Waals surface area contributed by atoms with Gasteiger partial charge in [-0.25, -0.2) is 0 Å². The van der Waals surface area contributed by atoms with Crippen molar-refractivity contribution in [1.29, 1.82) is 0 Å². The van der Waals surface area contributed by atoms with Gasteiger partial charge in [-0.15, -0.1) is 0 Å². The van der Waals surface area contributed by atoms with Crippen LogP contribution in [0, 0.1) is 0 Å². The first kappa shape index (κ1) is 10.6. The van der Waals surface area contributed by atoms with Crippen molar-refractivity contribution in [2.24, 2.45) is 0 Å². The normalized spacial score (nSPS) is 12.1. The van der Waals surface area contributed by atoms with Crippen LogP contribution in [0.2, 0.25) is 0 Å². The van der Waals surface area contributed by atoms with Crippen LogP contribution in [0.5, 0.6) is 5.75 Å². The molecular formula is C13H13NO2. The molecule has 1 atom stereocenters. The number of ether oxygens (including phenoxy) is 1. The number of pyridine rings is 1. The standard InChI is InChI=1S/C13H13NO2/c15-13(11-5-2-1-3-6-11)10-16-12-7-4-8-14-9-12/h1-9,13,15H,10H2/t13-/m0/s1. The van der Waals surface area contributed by atoms with Gasteiger partial charge in [-0.2, -0.15) is 0 Å². The van der Waals surface area contributed by atoms with Gasteiger partial charge in [-0.1, -0.05) is 30.3 Å². The maximum Gasteiger partial charge on any atom is 0.137 e. The predicted octanol–water partition coefficient (Wildman–Crippen LogP) is 2.19. The van der Waals surface area contributed by atoms with Crippen molar-refractivity contribution in [3.63, 3.8) is 0 Å². The van der Waals surface area contributed by atoms with Crippen LogP contribution in [0.1, 0.15) is 11.7 Å². The number of benzene rings is 1. The lowest BCUT2D eigenvalue weighted by atomic mass is 10.1. The fourth-order valence-corrected chi connectivity index (χ4v) is 1.38. The van der Waals surface area contributed by atoms with E-state index in [-0.39, 0.29) is 6.61 Å². The molecule has 0 aliphatic heterocycles. The molecule has 0 unspecified atom stereocenters. The highest BCUT2D eigenvalue weighted by molar-refractivity contribution is 5.19. The Balaban J connectivity index is 1.92. The molecular weight excluding hydrogens is 202 g/mol. The zero-order valence-corrected chi connectivity index (χ0v) is 8.78. The largest absolute Gasteiger partial charge is 0.489 e. The van der Waals surface area contributed by atoms with E-state index in [2.05, 4.69) is 4.98 Å². The number of hydrogen-bond acceptors (Lipinski definition) is 3. The number of hydrogen-bond donors (Lipinski definition) is 1. The molecule has 0 fully saturated rings. The third-order valence-corrected chi connectivity index (χ3v) is 2.23. The molecule has 0 bridgehead atoms. The molecule has 16 heavy (non-hydrogen) atoms. The summed E-state index contributed by atoms with van der Waals surface area (Å²) < 4.78 is 5.41. The molecule has 3 heteroatoms. The second-order valence-corrected chi connectivity index (χ2v) is 3.43. The molecule has 0 aliphatic rings. The second kappa shape index (κ2) is 5.28. The molecule has 0 radical (unpaired) electrons. The summed E-state index contributed by atoms with van der Waals surface area (Å²) in [6.07, 6.45) is 2.69. The lowest BCUT2D eigenvalue weighted by Gasteiger charge is -2.12. The molecule has 1 N–H and O–H groups in total. The molecule has 0 spiro atoms. The number of aliphatic hydroxyl groups excluding tert-OH is 1. The van der Waals surface area contributed by atoms with Crippen molar-refractivity contribution in [1.82, 2.24) is 4.98 Å². The van der Waals surface area contributed by atoms with E-state index in [0.717, 1.165) is 5.56 Å². The smallest absolute Gasteiger partial charge is 0.137 e. The molecule has 0 saturated heterocycles. The molecule has 2 rings (SSSR count). The third kappa shape index (κ3) is 2.81. The molecule has 3 nitrogen and oxygen atoms in total. The highest BCUT2D eigenvalue weighted by Crippen LogP contribution is 2.14. The van der Waals surface area contributed by atoms with E-state index in [1.54, 1.807) is 18.5 Å². The topological polar surface area (TPSA) is 42.4 Å². The highest BCUT2D eigenvalue weighted by atomic mass is 16.5. The van der Waals surface area contributed by atoms with Gasteiger partial charge in [0.05, 0.1) is 6.20 Å². The van der Waals surface area contributed by atoms with E-state index >= 15 is 0 Å². The Morgan fingerprint density at radius 3 is 2.62 bits per heavy atom. The summed E-state index contributed by atoms with van der Waals surface area (Å²) >= 11 is 0. The van der Waals surface area contributed by atoms with Gasteiger partial charge >= 0.3 is 0 Å². The zero-order valence-electron chi connectivity index (χ0n) is 8.78. The molecule has 1 heterocycles. The van der Waals surface area contributed by atoms with Crippen molar-refractivity contribution in [2.45, 2.75) is 6.10 Å². The summed E-state index contributed by atoms with van der Waals surface area (Å²) in [6.45, 7) is 0.232. The summed E-state index contributed by atoms with van der Waals surface area (Å²) in [7, 11) is 0. The van der Waals surface area contributed by atoms with Gasteiger partial charge in [-0.3, -0.25) is 4.98 Å². The summed E-state index contributed by atoms with van der Waals surface area (Å²) in [5.74, 6) is 0.664. The SMILES string of the molecule is O[C@@H](COc1cccnc1)c1ccccc1. The quantitative estimate of drug-likeness (QED) is 0.850. The van der Waals surface area contributed by atoms with E-state index in [4.69, 9.17) is 4.74 Å². The van der Waals surface area contributed by atoms with Crippen molar-refractivity contribution >= 4 is 0 Å². The van der Waals surface area contributed by atoms with E-state index in [0.29, 0.717) is 5.75 Å². The van der Waals surface area contributed by atoms with Crippen LogP contribution in [0.15, 0.2) is 54.9 Å². The van der Waals surface area contributed by atoms with Gasteiger partial charge in [0.15, 0.2) is 0 Å². The lowest BCUT2D eigenvalue weighted by molar-refractivity contribution is 0.108. The van der Waals surface area contributed by atoms with E-state index < -0.39 is 6.10 Å². The van der Waals surface area contributed by atoms with Crippen LogP contribution in [0.3, 0.4) is 0 Å². The van der Waals surface area contributed by atoms with Crippen LogP contribution >= 0.6 is 0 Å². The van der Waals surface area contributed by atoms with Crippen LogP contribution in [0.4, 0.5) is 0 Å². The first-order chi connectivity index (χ1) is 7.86. The predicted molar refractivity (Wildman–Crippen MR) is 61.1 cm³/mol. The zero-order chi connectivity index (χ0) is 11.2. The number of aliphatic hydroxyl groups is 1. The Hall–Kier alpha value is -1.87. The van der Waals surface area contributed by atoms with Gasteiger partial charge < -0.3 is 9.84 Å². The lowest BCUT2D eigenvalue weighted by Crippen LogP contribution is -2.09. The fraction of sp³-hybridized carbons (Fsp3) is 0.154. The van der Waals surface area contributed by atoms with Crippen molar-refractivity contribution in [3.8, 4) is 5.75 Å². The first-order valence-corrected chi connectivity index (χ1v) is 5.12. The summed E-state index contributed by atoms with van der Waals surface area (Å²) in [5.41, 5.74) is 0.853. The van der Waals surface area contributed by atoms with E-state index in [1.807, 2.05) is 36.4 Å². The maximum atomic E-state index is 9.84. The molecule has 0 aliphatic carbocycles. The average Bonchev–Trinajstić information content (AvgIpc) is 2.38. The van der Waals surface area contributed by atoms with Crippen LogP contribution in [-0.2, 0) is 0 Å². The summed E-state index contributed by atoms with van der Waals surface area (Å²) in [5, 5.41) is 9.84. The fourth-order valence-electron chi connectivity index (χ4n) is 1.38. The Labute approximate surface area is 94.3 Å². The third-order valence-electron chi connectivity index (χ3n) is 2.23. The molecule has 0 saturated carbocycles. The van der Waals surface area contributed by atoms with E-state index in [9.17, 15) is 5.11 Å². The molecule has 1 aromatic carbocycles. The molecule has 1 aromatic heterocycles. The van der Waals surface area contributed by atoms with Crippen molar-refractivity contribution in [3.05, 3.63) is 60.4 Å². The molecule has 0 amide bonds. The highest BCUT2D eigenvalue weighted by Gasteiger charge is 2.07. The Kier molecular flexibility index (Phi) is 3.51. The monoisotopic (exact) mass is 215 g/mol. The second-order valence-electron chi connectivity index (χ2n) is 3.43. The van der Waals surface area contributed by atoms with Crippen LogP contribution in [-0.4, -0.2) is 16.7 Å². The van der Waals surface area contributed by atoms with Crippen LogP contribution < -0.4 is 4.74 Å². The van der Waals surface area contributed by atoms with Gasteiger partial charge in [0.1, 0.15) is 18.5 Å². The maximum absolute atomic E-state index is 9.84. The number of aromatic nitrogens is 1. The molecule has 2 aromatic rings. The summed E-state index contributed by atoms with van der Waals surface area (Å²) in [4.78, 5) is 3.93. The minimum atomic E-state index is -0.610. The van der Waals surface area contributed by atoms with Gasteiger partial charge in [0.2, 0.25) is 0 Å². The minimum Gasteiger partial charge on any atom is -0.489 e. The van der Waals surface area contributed by atoms with Gasteiger partial charge in [0, 0.05) is 6.20 Å². The number of nitrogens with zero attached hydrogens (tertiary/aromatic N) is 1. The van der Waals surface area contributed by atoms with Crippen molar-refractivity contribution in [2.75, 3.05) is 6.61 Å². The summed E-state index contributed by atoms with van der Waals surface area (Å²) in [6, 6.07) is 13.0. The number of rotatable bonds is 4. The average molecular weight is 215 g/mol. The minimum absolute atomic E-state index is 0.232. The Morgan fingerprint density at radius 2 is 1.94 bits per heavy atom. The Morgan fingerprint density at radius 1 is 1.12 bits per heavy atom. The Bertz CT molecular complexity index is 416. The first-order valence-electron chi connectivity index (χ1n) is 5.12. The van der Waals surface area contributed by atoms with Crippen molar-refractivity contribution < 1.29 is 9.84 Å². The van der Waals surface area contributed by atoms with Gasteiger partial charge in [-0.05, 0) is 17.7 Å². The van der Waals surface area contributed by atoms with Gasteiger partial charge in [0.25, 0.3) is 0 Å². The van der Waals surface area contributed by atoms with Crippen LogP contribution in [0.25, 0.3) is 0 Å².